The SMILES string of the molecule is O=C(COC(=O)COC(=O)c1ccccc1OC(=O)CCCCCBr)OCCOC(=O)COC(=O)COC(=O)c1ccccc1OC(=O)CCCCCBr. The molecule has 0 atom stereocenters. The van der Waals surface area contributed by atoms with E-state index in [9.17, 15) is 38.4 Å². The van der Waals surface area contributed by atoms with Crippen LogP contribution in [-0.2, 0) is 57.2 Å². The molecule has 2 rings (SSSR count). The molecule has 54 heavy (non-hydrogen) atoms. The molecule has 0 spiro atoms. The van der Waals surface area contributed by atoms with Crippen molar-refractivity contribution in [2.45, 2.75) is 51.4 Å². The number of halogens is 2. The van der Waals surface area contributed by atoms with Crippen molar-refractivity contribution in [1.29, 1.82) is 0 Å². The number of para-hydroxylation sites is 2. The van der Waals surface area contributed by atoms with Crippen molar-refractivity contribution in [2.75, 3.05) is 50.3 Å². The Hall–Kier alpha value is -4.84. The number of esters is 8. The second kappa shape index (κ2) is 26.9. The topological polar surface area (TPSA) is 210 Å². The summed E-state index contributed by atoms with van der Waals surface area (Å²) in [6.07, 6.45) is 5.03. The first-order chi connectivity index (χ1) is 26.0. The van der Waals surface area contributed by atoms with Crippen LogP contribution in [0.1, 0.15) is 72.1 Å². The van der Waals surface area contributed by atoms with Crippen LogP contribution in [-0.4, -0.2) is 98.1 Å². The molecule has 0 amide bonds. The average Bonchev–Trinajstić information content (AvgIpc) is 3.16. The molecule has 0 saturated heterocycles. The molecule has 0 unspecified atom stereocenters. The Morgan fingerprint density at radius 2 is 0.759 bits per heavy atom. The summed E-state index contributed by atoms with van der Waals surface area (Å²) in [7, 11) is 0. The molecule has 0 aromatic heterocycles. The minimum absolute atomic E-state index is 0.0316. The minimum Gasteiger partial charge on any atom is -0.460 e. The lowest BCUT2D eigenvalue weighted by Crippen LogP contribution is -2.24. The number of hydrogen-bond donors (Lipinski definition) is 0. The summed E-state index contributed by atoms with van der Waals surface area (Å²) in [5.74, 6) is -7.18. The summed E-state index contributed by atoms with van der Waals surface area (Å²) in [6, 6.07) is 11.7. The van der Waals surface area contributed by atoms with Crippen LogP contribution in [0.25, 0.3) is 0 Å². The monoisotopic (exact) mass is 886 g/mol. The van der Waals surface area contributed by atoms with Crippen LogP contribution >= 0.6 is 31.9 Å². The average molecular weight is 889 g/mol. The number of unbranched alkanes of at least 4 members (excludes halogenated alkanes) is 4. The zero-order valence-electron chi connectivity index (χ0n) is 29.2. The number of alkyl halides is 2. The summed E-state index contributed by atoms with van der Waals surface area (Å²) in [4.78, 5) is 96.8. The fraction of sp³-hybridized carbons (Fsp3) is 0.444. The Morgan fingerprint density at radius 1 is 0.407 bits per heavy atom. The van der Waals surface area contributed by atoms with E-state index in [1.54, 1.807) is 12.1 Å². The van der Waals surface area contributed by atoms with E-state index in [2.05, 4.69) is 31.9 Å². The smallest absolute Gasteiger partial charge is 0.344 e. The van der Waals surface area contributed by atoms with E-state index in [0.717, 1.165) is 36.3 Å². The number of carbonyl (C=O) groups excluding carboxylic acids is 8. The van der Waals surface area contributed by atoms with Crippen LogP contribution in [0.4, 0.5) is 0 Å². The van der Waals surface area contributed by atoms with Crippen molar-refractivity contribution >= 4 is 79.6 Å². The number of hydrogen-bond acceptors (Lipinski definition) is 16. The lowest BCUT2D eigenvalue weighted by Gasteiger charge is -2.10. The van der Waals surface area contributed by atoms with E-state index < -0.39 is 87.4 Å². The molecule has 0 saturated carbocycles. The Balaban J connectivity index is 1.60. The molecule has 2 aromatic carbocycles. The third kappa shape index (κ3) is 19.3. The third-order valence-electron chi connectivity index (χ3n) is 6.64. The summed E-state index contributed by atoms with van der Waals surface area (Å²) >= 11 is 6.63. The highest BCUT2D eigenvalue weighted by molar-refractivity contribution is 9.09. The highest BCUT2D eigenvalue weighted by atomic mass is 79.9. The van der Waals surface area contributed by atoms with Crippen LogP contribution in [0, 0.1) is 0 Å². The summed E-state index contributed by atoms with van der Waals surface area (Å²) in [5, 5.41) is 1.65. The van der Waals surface area contributed by atoms with Gasteiger partial charge in [0.05, 0.1) is 0 Å². The van der Waals surface area contributed by atoms with E-state index in [0.29, 0.717) is 12.8 Å². The fourth-order valence-corrected chi connectivity index (χ4v) is 4.83. The lowest BCUT2D eigenvalue weighted by atomic mass is 10.2. The number of carbonyl (C=O) groups is 8. The van der Waals surface area contributed by atoms with Crippen molar-refractivity contribution in [1.82, 2.24) is 0 Å². The third-order valence-corrected chi connectivity index (χ3v) is 7.77. The maximum absolute atomic E-state index is 12.5. The van der Waals surface area contributed by atoms with Gasteiger partial charge in [-0.05, 0) is 49.9 Å². The van der Waals surface area contributed by atoms with Crippen LogP contribution in [0.3, 0.4) is 0 Å². The Kier molecular flexibility index (Phi) is 22.5. The van der Waals surface area contributed by atoms with E-state index in [1.807, 2.05) is 0 Å². The van der Waals surface area contributed by atoms with Gasteiger partial charge in [-0.3, -0.25) is 9.59 Å². The molecular formula is C36H40Br2O16. The largest absolute Gasteiger partial charge is 0.460 e. The van der Waals surface area contributed by atoms with E-state index >= 15 is 0 Å². The predicted octanol–water partition coefficient (Wildman–Crippen LogP) is 4.59. The molecular weight excluding hydrogens is 848 g/mol. The summed E-state index contributed by atoms with van der Waals surface area (Å²) < 4.78 is 39.3. The first-order valence-electron chi connectivity index (χ1n) is 16.7. The van der Waals surface area contributed by atoms with Gasteiger partial charge in [-0.25, -0.2) is 28.8 Å². The quantitative estimate of drug-likeness (QED) is 0.0439. The van der Waals surface area contributed by atoms with Crippen molar-refractivity contribution < 1.29 is 76.3 Å². The van der Waals surface area contributed by atoms with Gasteiger partial charge in [-0.1, -0.05) is 69.0 Å². The number of benzene rings is 2. The van der Waals surface area contributed by atoms with Crippen LogP contribution in [0.2, 0.25) is 0 Å². The van der Waals surface area contributed by atoms with Gasteiger partial charge in [0.1, 0.15) is 35.8 Å². The van der Waals surface area contributed by atoms with Crippen molar-refractivity contribution in [3.63, 3.8) is 0 Å². The second-order valence-corrected chi connectivity index (χ2v) is 12.4. The van der Waals surface area contributed by atoms with Crippen molar-refractivity contribution in [3.05, 3.63) is 59.7 Å². The van der Waals surface area contributed by atoms with Gasteiger partial charge in [0.25, 0.3) is 0 Å². The summed E-state index contributed by atoms with van der Waals surface area (Å²) in [6.45, 7) is -4.25. The highest BCUT2D eigenvalue weighted by Crippen LogP contribution is 2.21. The van der Waals surface area contributed by atoms with Gasteiger partial charge in [0.2, 0.25) is 0 Å². The Bertz CT molecular complexity index is 1460. The number of rotatable bonds is 25. The molecule has 0 radical (unpaired) electrons. The van der Waals surface area contributed by atoms with Crippen molar-refractivity contribution in [2.24, 2.45) is 0 Å². The van der Waals surface area contributed by atoms with E-state index in [4.69, 9.17) is 37.9 Å². The van der Waals surface area contributed by atoms with Gasteiger partial charge >= 0.3 is 47.8 Å². The zero-order chi connectivity index (χ0) is 39.6. The first-order valence-corrected chi connectivity index (χ1v) is 19.0. The molecule has 294 valence electrons. The fourth-order valence-electron chi connectivity index (χ4n) is 4.04. The van der Waals surface area contributed by atoms with E-state index in [-0.39, 0.29) is 35.5 Å². The summed E-state index contributed by atoms with van der Waals surface area (Å²) in [5.41, 5.74) is -0.174. The minimum atomic E-state index is -1.07. The molecule has 0 heterocycles. The maximum atomic E-state index is 12.5. The molecule has 0 aliphatic heterocycles. The Morgan fingerprint density at radius 3 is 1.15 bits per heavy atom. The molecule has 0 N–H and O–H groups in total. The van der Waals surface area contributed by atoms with Crippen LogP contribution in [0.5, 0.6) is 11.5 Å². The first kappa shape index (κ1) is 45.3. The van der Waals surface area contributed by atoms with Gasteiger partial charge in [0, 0.05) is 23.5 Å². The predicted molar refractivity (Wildman–Crippen MR) is 193 cm³/mol. The van der Waals surface area contributed by atoms with Gasteiger partial charge in [-0.2, -0.15) is 0 Å². The van der Waals surface area contributed by atoms with Crippen LogP contribution < -0.4 is 9.47 Å². The zero-order valence-corrected chi connectivity index (χ0v) is 32.4. The van der Waals surface area contributed by atoms with E-state index in [1.165, 1.54) is 36.4 Å². The molecule has 0 aliphatic carbocycles. The molecule has 0 bridgehead atoms. The Labute approximate surface area is 327 Å². The standard InChI is InChI=1S/C36H40Br2O16/c37-17-9-1-3-15-29(39)53-27-13-7-5-11-25(27)35(45)51-23-33(43)49-21-31(41)47-19-20-48-32(42)22-50-34(44)24-52-36(46)26-12-6-8-14-28(26)54-30(40)16-4-2-10-18-38/h5-8,11-14H,1-4,9-10,15-24H2. The van der Waals surface area contributed by atoms with Gasteiger partial charge in [0.15, 0.2) is 26.4 Å². The van der Waals surface area contributed by atoms with Gasteiger partial charge < -0.3 is 37.9 Å². The molecule has 2 aromatic rings. The lowest BCUT2D eigenvalue weighted by molar-refractivity contribution is -0.165. The molecule has 0 fully saturated rings. The molecule has 0 aliphatic rings. The molecule has 16 nitrogen and oxygen atoms in total. The van der Waals surface area contributed by atoms with Crippen LogP contribution in [0.15, 0.2) is 48.5 Å². The normalized spacial score (nSPS) is 10.3. The molecule has 18 heteroatoms. The number of ether oxygens (including phenoxy) is 8. The maximum Gasteiger partial charge on any atom is 0.344 e. The van der Waals surface area contributed by atoms with Crippen molar-refractivity contribution in [3.8, 4) is 11.5 Å². The van der Waals surface area contributed by atoms with Gasteiger partial charge in [-0.15, -0.1) is 0 Å². The second-order valence-electron chi connectivity index (χ2n) is 10.9. The highest BCUT2D eigenvalue weighted by Gasteiger charge is 2.20.